The third kappa shape index (κ3) is 3.30. The van der Waals surface area contributed by atoms with E-state index >= 15 is 0 Å². The smallest absolute Gasteiger partial charge is 0.178 e. The van der Waals surface area contributed by atoms with Crippen molar-refractivity contribution in [2.75, 3.05) is 5.75 Å². The second-order valence-corrected chi connectivity index (χ2v) is 6.82. The molecule has 1 aromatic carbocycles. The summed E-state index contributed by atoms with van der Waals surface area (Å²) in [6.07, 6.45) is 2.94. The van der Waals surface area contributed by atoms with Crippen LogP contribution < -0.4 is 0 Å². The van der Waals surface area contributed by atoms with Crippen molar-refractivity contribution in [1.82, 2.24) is 0 Å². The monoisotopic (exact) mass is 254 g/mol. The van der Waals surface area contributed by atoms with Gasteiger partial charge in [-0.3, -0.25) is 0 Å². The molecule has 0 aliphatic heterocycles. The van der Waals surface area contributed by atoms with Crippen molar-refractivity contribution in [3.8, 4) is 0 Å². The van der Waals surface area contributed by atoms with Crippen molar-refractivity contribution in [3.05, 3.63) is 30.3 Å². The minimum Gasteiger partial charge on any atom is -0.393 e. The van der Waals surface area contributed by atoms with Gasteiger partial charge in [0.1, 0.15) is 0 Å². The molecule has 4 heteroatoms. The molecule has 0 unspecified atom stereocenters. The number of aliphatic hydroxyl groups is 1. The van der Waals surface area contributed by atoms with E-state index in [1.54, 1.807) is 24.3 Å². The zero-order valence-corrected chi connectivity index (χ0v) is 10.6. The summed E-state index contributed by atoms with van der Waals surface area (Å²) in [6.45, 7) is 0. The van der Waals surface area contributed by atoms with Gasteiger partial charge in [-0.25, -0.2) is 8.42 Å². The molecule has 0 heterocycles. The Morgan fingerprint density at radius 3 is 2.53 bits per heavy atom. The summed E-state index contributed by atoms with van der Waals surface area (Å²) in [7, 11) is -3.19. The van der Waals surface area contributed by atoms with Gasteiger partial charge in [-0.2, -0.15) is 0 Å². The molecule has 3 nitrogen and oxygen atoms in total. The third-order valence-corrected chi connectivity index (χ3v) is 5.21. The summed E-state index contributed by atoms with van der Waals surface area (Å²) < 4.78 is 24.3. The van der Waals surface area contributed by atoms with Crippen LogP contribution in [0.5, 0.6) is 0 Å². The molecule has 1 N–H and O–H groups in total. The van der Waals surface area contributed by atoms with Gasteiger partial charge in [0.25, 0.3) is 0 Å². The molecule has 0 bridgehead atoms. The summed E-state index contributed by atoms with van der Waals surface area (Å²) in [5, 5.41) is 9.55. The van der Waals surface area contributed by atoms with Crippen molar-refractivity contribution in [3.63, 3.8) is 0 Å². The number of aliphatic hydroxyl groups excluding tert-OH is 1. The average molecular weight is 254 g/mol. The van der Waals surface area contributed by atoms with E-state index in [-0.39, 0.29) is 17.8 Å². The van der Waals surface area contributed by atoms with Crippen LogP contribution in [0.2, 0.25) is 0 Å². The SMILES string of the molecule is O=S(=O)(C[C@H]1CCC[C@H](O)C1)c1ccccc1. The van der Waals surface area contributed by atoms with Crippen molar-refractivity contribution in [1.29, 1.82) is 0 Å². The largest absolute Gasteiger partial charge is 0.393 e. The van der Waals surface area contributed by atoms with Crippen LogP contribution in [0.4, 0.5) is 0 Å². The molecule has 1 aromatic rings. The van der Waals surface area contributed by atoms with Gasteiger partial charge in [0.2, 0.25) is 0 Å². The van der Waals surface area contributed by atoms with Crippen LogP contribution in [-0.4, -0.2) is 25.4 Å². The fourth-order valence-corrected chi connectivity index (χ4v) is 4.14. The van der Waals surface area contributed by atoms with Gasteiger partial charge < -0.3 is 5.11 Å². The lowest BCUT2D eigenvalue weighted by Gasteiger charge is -2.25. The standard InChI is InChI=1S/C13H18O3S/c14-12-6-4-5-11(9-12)10-17(15,16)13-7-2-1-3-8-13/h1-3,7-8,11-12,14H,4-6,9-10H2/t11-,12-/m0/s1. The molecular formula is C13H18O3S. The first-order chi connectivity index (χ1) is 8.08. The Kier molecular flexibility index (Phi) is 3.84. The van der Waals surface area contributed by atoms with E-state index in [0.717, 1.165) is 19.3 Å². The Balaban J connectivity index is 2.07. The quantitative estimate of drug-likeness (QED) is 0.897. The van der Waals surface area contributed by atoms with E-state index in [0.29, 0.717) is 11.3 Å². The molecule has 0 amide bonds. The topological polar surface area (TPSA) is 54.4 Å². The highest BCUT2D eigenvalue weighted by Crippen LogP contribution is 2.27. The van der Waals surface area contributed by atoms with Gasteiger partial charge in [-0.15, -0.1) is 0 Å². The summed E-state index contributed by atoms with van der Waals surface area (Å²) in [6, 6.07) is 8.55. The van der Waals surface area contributed by atoms with Crippen molar-refractivity contribution < 1.29 is 13.5 Å². The zero-order chi connectivity index (χ0) is 12.3. The molecule has 1 fully saturated rings. The van der Waals surface area contributed by atoms with E-state index in [1.807, 2.05) is 6.07 Å². The van der Waals surface area contributed by atoms with Gasteiger partial charge in [0, 0.05) is 0 Å². The first-order valence-corrected chi connectivity index (χ1v) is 7.69. The lowest BCUT2D eigenvalue weighted by atomic mass is 9.89. The maximum absolute atomic E-state index is 12.1. The maximum atomic E-state index is 12.1. The fraction of sp³-hybridized carbons (Fsp3) is 0.538. The van der Waals surface area contributed by atoms with Crippen LogP contribution in [0.1, 0.15) is 25.7 Å². The predicted molar refractivity (Wildman–Crippen MR) is 66.5 cm³/mol. The minimum atomic E-state index is -3.19. The number of benzene rings is 1. The van der Waals surface area contributed by atoms with E-state index in [4.69, 9.17) is 0 Å². The Labute approximate surface area is 102 Å². The van der Waals surface area contributed by atoms with Crippen molar-refractivity contribution in [2.45, 2.75) is 36.7 Å². The van der Waals surface area contributed by atoms with Crippen LogP contribution in [0.25, 0.3) is 0 Å². The van der Waals surface area contributed by atoms with E-state index in [1.165, 1.54) is 0 Å². The predicted octanol–water partition coefficient (Wildman–Crippen LogP) is 2.01. The molecule has 1 aliphatic carbocycles. The molecule has 0 aromatic heterocycles. The van der Waals surface area contributed by atoms with Crippen molar-refractivity contribution >= 4 is 9.84 Å². The Morgan fingerprint density at radius 2 is 1.88 bits per heavy atom. The number of hydrogen-bond acceptors (Lipinski definition) is 3. The van der Waals surface area contributed by atoms with Crippen LogP contribution >= 0.6 is 0 Å². The van der Waals surface area contributed by atoms with Gasteiger partial charge in [0.15, 0.2) is 9.84 Å². The molecular weight excluding hydrogens is 236 g/mol. The zero-order valence-electron chi connectivity index (χ0n) is 9.75. The second kappa shape index (κ2) is 5.19. The van der Waals surface area contributed by atoms with E-state index < -0.39 is 9.84 Å². The highest BCUT2D eigenvalue weighted by atomic mass is 32.2. The molecule has 1 aliphatic rings. The van der Waals surface area contributed by atoms with Gasteiger partial charge in [-0.1, -0.05) is 24.6 Å². The van der Waals surface area contributed by atoms with Crippen LogP contribution in [-0.2, 0) is 9.84 Å². The fourth-order valence-electron chi connectivity index (χ4n) is 2.45. The van der Waals surface area contributed by atoms with Crippen LogP contribution in [0.3, 0.4) is 0 Å². The molecule has 94 valence electrons. The van der Waals surface area contributed by atoms with E-state index in [9.17, 15) is 13.5 Å². The maximum Gasteiger partial charge on any atom is 0.178 e. The lowest BCUT2D eigenvalue weighted by molar-refractivity contribution is 0.107. The van der Waals surface area contributed by atoms with Crippen LogP contribution in [0, 0.1) is 5.92 Å². The summed E-state index contributed by atoms with van der Waals surface area (Å²) in [5.74, 6) is 0.262. The number of hydrogen-bond donors (Lipinski definition) is 1. The van der Waals surface area contributed by atoms with Gasteiger partial charge >= 0.3 is 0 Å². The van der Waals surface area contributed by atoms with Gasteiger partial charge in [0.05, 0.1) is 16.8 Å². The molecule has 0 radical (unpaired) electrons. The molecule has 0 spiro atoms. The highest BCUT2D eigenvalue weighted by molar-refractivity contribution is 7.91. The molecule has 2 rings (SSSR count). The van der Waals surface area contributed by atoms with E-state index in [2.05, 4.69) is 0 Å². The molecule has 17 heavy (non-hydrogen) atoms. The summed E-state index contributed by atoms with van der Waals surface area (Å²) in [5.41, 5.74) is 0. The highest BCUT2D eigenvalue weighted by Gasteiger charge is 2.26. The molecule has 2 atom stereocenters. The minimum absolute atomic E-state index is 0.101. The molecule has 1 saturated carbocycles. The van der Waals surface area contributed by atoms with Crippen LogP contribution in [0.15, 0.2) is 35.2 Å². The first-order valence-electron chi connectivity index (χ1n) is 6.04. The summed E-state index contributed by atoms with van der Waals surface area (Å²) in [4.78, 5) is 0.389. The normalized spacial score (nSPS) is 25.7. The van der Waals surface area contributed by atoms with Gasteiger partial charge in [-0.05, 0) is 37.3 Å². The number of rotatable bonds is 3. The first kappa shape index (κ1) is 12.6. The summed E-state index contributed by atoms with van der Waals surface area (Å²) >= 11 is 0. The lowest BCUT2D eigenvalue weighted by Crippen LogP contribution is -2.25. The Hall–Kier alpha value is -0.870. The second-order valence-electron chi connectivity index (χ2n) is 4.78. The van der Waals surface area contributed by atoms with Crippen molar-refractivity contribution in [2.24, 2.45) is 5.92 Å². The number of sulfone groups is 1. The Morgan fingerprint density at radius 1 is 1.18 bits per heavy atom. The Bertz CT molecular complexity index is 453. The average Bonchev–Trinajstić information content (AvgIpc) is 2.29. The third-order valence-electron chi connectivity index (χ3n) is 3.31. The molecule has 0 saturated heterocycles.